The number of oxazole rings is 1. The molecule has 1 N–H and O–H groups in total. The van der Waals surface area contributed by atoms with Gasteiger partial charge in [-0.3, -0.25) is 9.78 Å². The van der Waals surface area contributed by atoms with Gasteiger partial charge in [0, 0.05) is 19.2 Å². The standard InChI is InChI=1S/C14H16N2O6S/c1-21-13(17)9-3-2-6-16(8-9)23(19,20)10-4-5-11-12(7-10)22-14(18)15-11/h4-5,7,9H,2-3,6,8H2,1H3,(H,15,18). The lowest BCUT2D eigenvalue weighted by molar-refractivity contribution is -0.146. The minimum Gasteiger partial charge on any atom is -0.469 e. The van der Waals surface area contributed by atoms with Crippen LogP contribution in [0.4, 0.5) is 0 Å². The number of piperidine rings is 1. The van der Waals surface area contributed by atoms with Crippen molar-refractivity contribution in [2.75, 3.05) is 20.2 Å². The molecule has 3 rings (SSSR count). The minimum atomic E-state index is -3.77. The summed E-state index contributed by atoms with van der Waals surface area (Å²) in [5.74, 6) is -1.51. The predicted molar refractivity (Wildman–Crippen MR) is 80.3 cm³/mol. The van der Waals surface area contributed by atoms with Crippen molar-refractivity contribution in [1.29, 1.82) is 0 Å². The zero-order valence-electron chi connectivity index (χ0n) is 12.4. The van der Waals surface area contributed by atoms with Gasteiger partial charge < -0.3 is 9.15 Å². The van der Waals surface area contributed by atoms with Crippen molar-refractivity contribution >= 4 is 27.1 Å². The van der Waals surface area contributed by atoms with Crippen molar-refractivity contribution in [3.63, 3.8) is 0 Å². The summed E-state index contributed by atoms with van der Waals surface area (Å²) in [5, 5.41) is 0. The first-order chi connectivity index (χ1) is 10.9. The summed E-state index contributed by atoms with van der Waals surface area (Å²) in [6.45, 7) is 0.426. The van der Waals surface area contributed by atoms with Gasteiger partial charge in [-0.05, 0) is 25.0 Å². The second-order valence-corrected chi connectivity index (χ2v) is 7.34. The van der Waals surface area contributed by atoms with Gasteiger partial charge in [0.25, 0.3) is 0 Å². The van der Waals surface area contributed by atoms with E-state index in [4.69, 9.17) is 9.15 Å². The number of methoxy groups -OCH3 is 1. The van der Waals surface area contributed by atoms with E-state index in [0.717, 1.165) is 0 Å². The lowest BCUT2D eigenvalue weighted by atomic mass is 10.0. The van der Waals surface area contributed by atoms with Gasteiger partial charge >= 0.3 is 11.7 Å². The van der Waals surface area contributed by atoms with Crippen LogP contribution < -0.4 is 5.76 Å². The zero-order valence-corrected chi connectivity index (χ0v) is 13.3. The lowest BCUT2D eigenvalue weighted by Crippen LogP contribution is -2.42. The molecular weight excluding hydrogens is 324 g/mol. The molecule has 23 heavy (non-hydrogen) atoms. The van der Waals surface area contributed by atoms with Crippen LogP contribution in [-0.4, -0.2) is 43.9 Å². The molecule has 1 aromatic carbocycles. The molecule has 0 bridgehead atoms. The van der Waals surface area contributed by atoms with E-state index in [1.807, 2.05) is 0 Å². The third kappa shape index (κ3) is 2.89. The summed E-state index contributed by atoms with van der Waals surface area (Å²) in [5.41, 5.74) is 0.609. The van der Waals surface area contributed by atoms with Crippen molar-refractivity contribution in [2.45, 2.75) is 17.7 Å². The largest absolute Gasteiger partial charge is 0.469 e. The molecule has 1 unspecified atom stereocenters. The number of sulfonamides is 1. The van der Waals surface area contributed by atoms with E-state index in [2.05, 4.69) is 4.98 Å². The first-order valence-corrected chi connectivity index (χ1v) is 8.56. The molecule has 1 aliphatic heterocycles. The number of aromatic nitrogens is 1. The second-order valence-electron chi connectivity index (χ2n) is 5.40. The minimum absolute atomic E-state index is 0.0262. The Kier molecular flexibility index (Phi) is 3.99. The molecule has 1 atom stereocenters. The van der Waals surface area contributed by atoms with Crippen LogP contribution in [-0.2, 0) is 19.6 Å². The van der Waals surface area contributed by atoms with Crippen molar-refractivity contribution in [2.24, 2.45) is 5.92 Å². The van der Waals surface area contributed by atoms with Crippen LogP contribution in [0, 0.1) is 5.92 Å². The van der Waals surface area contributed by atoms with E-state index in [0.29, 0.717) is 24.9 Å². The Morgan fingerprint density at radius 2 is 2.22 bits per heavy atom. The maximum absolute atomic E-state index is 12.7. The molecule has 1 saturated heterocycles. The maximum Gasteiger partial charge on any atom is 0.417 e. The summed E-state index contributed by atoms with van der Waals surface area (Å²) in [4.78, 5) is 25.3. The summed E-state index contributed by atoms with van der Waals surface area (Å²) in [7, 11) is -2.48. The quantitative estimate of drug-likeness (QED) is 0.824. The van der Waals surface area contributed by atoms with Crippen LogP contribution in [0.5, 0.6) is 0 Å². The second kappa shape index (κ2) is 5.82. The highest BCUT2D eigenvalue weighted by Crippen LogP contribution is 2.26. The van der Waals surface area contributed by atoms with Crippen LogP contribution in [0.15, 0.2) is 32.3 Å². The van der Waals surface area contributed by atoms with Crippen LogP contribution >= 0.6 is 0 Å². The Balaban J connectivity index is 1.92. The SMILES string of the molecule is COC(=O)C1CCCN(S(=O)(=O)c2ccc3[nH]c(=O)oc3c2)C1. The number of hydrogen-bond acceptors (Lipinski definition) is 6. The first kappa shape index (κ1) is 15.8. The number of ether oxygens (including phenoxy) is 1. The topological polar surface area (TPSA) is 110 Å². The van der Waals surface area contributed by atoms with Crippen molar-refractivity contribution in [1.82, 2.24) is 9.29 Å². The average molecular weight is 340 g/mol. The van der Waals surface area contributed by atoms with E-state index < -0.39 is 27.7 Å². The fourth-order valence-corrected chi connectivity index (χ4v) is 4.29. The van der Waals surface area contributed by atoms with Gasteiger partial charge in [0.05, 0.1) is 23.4 Å². The van der Waals surface area contributed by atoms with Crippen LogP contribution in [0.3, 0.4) is 0 Å². The average Bonchev–Trinajstić information content (AvgIpc) is 2.93. The summed E-state index contributed by atoms with van der Waals surface area (Å²) in [6, 6.07) is 4.20. The number of hydrogen-bond donors (Lipinski definition) is 1. The Morgan fingerprint density at radius 1 is 1.43 bits per heavy atom. The number of carbonyl (C=O) groups is 1. The van der Waals surface area contributed by atoms with Crippen molar-refractivity contribution in [3.8, 4) is 0 Å². The summed E-state index contributed by atoms with van der Waals surface area (Å²) < 4.78 is 36.3. The summed E-state index contributed by atoms with van der Waals surface area (Å²) in [6.07, 6.45) is 1.19. The third-order valence-electron chi connectivity index (χ3n) is 3.95. The molecule has 8 nitrogen and oxygen atoms in total. The molecular formula is C14H16N2O6S. The number of nitrogens with one attached hydrogen (secondary N) is 1. The molecule has 2 heterocycles. The number of H-pyrrole nitrogens is 1. The Hall–Kier alpha value is -2.13. The highest BCUT2D eigenvalue weighted by atomic mass is 32.2. The van der Waals surface area contributed by atoms with E-state index >= 15 is 0 Å². The fraction of sp³-hybridized carbons (Fsp3) is 0.429. The van der Waals surface area contributed by atoms with E-state index in [1.54, 1.807) is 0 Å². The monoisotopic (exact) mass is 340 g/mol. The number of nitrogens with zero attached hydrogens (tertiary/aromatic N) is 1. The summed E-state index contributed by atoms with van der Waals surface area (Å²) >= 11 is 0. The molecule has 0 aliphatic carbocycles. The molecule has 0 amide bonds. The van der Waals surface area contributed by atoms with Gasteiger partial charge in [-0.1, -0.05) is 0 Å². The Bertz CT molecular complexity index is 897. The van der Waals surface area contributed by atoms with Gasteiger partial charge in [-0.15, -0.1) is 0 Å². The van der Waals surface area contributed by atoms with Gasteiger partial charge in [-0.25, -0.2) is 13.2 Å². The molecule has 124 valence electrons. The number of carbonyl (C=O) groups excluding carboxylic acids is 1. The zero-order chi connectivity index (χ0) is 16.6. The number of benzene rings is 1. The lowest BCUT2D eigenvalue weighted by Gasteiger charge is -2.30. The fourth-order valence-electron chi connectivity index (χ4n) is 2.76. The molecule has 0 spiro atoms. The Labute approximate surface area is 132 Å². The molecule has 0 radical (unpaired) electrons. The predicted octanol–water partition coefficient (Wildman–Crippen LogP) is 0.695. The maximum atomic E-state index is 12.7. The number of fused-ring (bicyclic) bond motifs is 1. The highest BCUT2D eigenvalue weighted by Gasteiger charge is 2.34. The first-order valence-electron chi connectivity index (χ1n) is 7.12. The van der Waals surface area contributed by atoms with Crippen LogP contribution in [0.2, 0.25) is 0 Å². The normalized spacial score (nSPS) is 19.8. The molecule has 1 aromatic heterocycles. The molecule has 1 fully saturated rings. The number of aromatic amines is 1. The molecule has 0 saturated carbocycles. The number of rotatable bonds is 3. The smallest absolute Gasteiger partial charge is 0.417 e. The molecule has 9 heteroatoms. The van der Waals surface area contributed by atoms with Gasteiger partial charge in [0.2, 0.25) is 10.0 Å². The Morgan fingerprint density at radius 3 is 2.96 bits per heavy atom. The van der Waals surface area contributed by atoms with Crippen LogP contribution in [0.25, 0.3) is 11.1 Å². The van der Waals surface area contributed by atoms with Gasteiger partial charge in [-0.2, -0.15) is 4.31 Å². The number of esters is 1. The third-order valence-corrected chi connectivity index (χ3v) is 5.81. The molecule has 2 aromatic rings. The van der Waals surface area contributed by atoms with Crippen molar-refractivity contribution in [3.05, 3.63) is 28.7 Å². The highest BCUT2D eigenvalue weighted by molar-refractivity contribution is 7.89. The van der Waals surface area contributed by atoms with E-state index in [-0.39, 0.29) is 17.0 Å². The molecule has 1 aliphatic rings. The van der Waals surface area contributed by atoms with Gasteiger partial charge in [0.1, 0.15) is 0 Å². The van der Waals surface area contributed by atoms with E-state index in [9.17, 15) is 18.0 Å². The van der Waals surface area contributed by atoms with E-state index in [1.165, 1.54) is 29.6 Å². The van der Waals surface area contributed by atoms with Crippen LogP contribution in [0.1, 0.15) is 12.8 Å². The van der Waals surface area contributed by atoms with Crippen molar-refractivity contribution < 1.29 is 22.4 Å². The van der Waals surface area contributed by atoms with Gasteiger partial charge in [0.15, 0.2) is 5.58 Å².